The maximum Gasteiger partial charge on any atom is 0.242 e. The van der Waals surface area contributed by atoms with Gasteiger partial charge in [-0.15, -0.1) is 0 Å². The summed E-state index contributed by atoms with van der Waals surface area (Å²) in [6, 6.07) is 24.2. The highest BCUT2D eigenvalue weighted by atomic mass is 35.5. The van der Waals surface area contributed by atoms with Crippen molar-refractivity contribution < 1.29 is 9.53 Å². The summed E-state index contributed by atoms with van der Waals surface area (Å²) in [5.41, 5.74) is 8.00. The van der Waals surface area contributed by atoms with E-state index in [1.54, 1.807) is 0 Å². The minimum Gasteiger partial charge on any atom is -0.457 e. The third-order valence-corrected chi connectivity index (χ3v) is 4.81. The molecule has 0 aromatic heterocycles. The van der Waals surface area contributed by atoms with Crippen molar-refractivity contribution in [1.82, 2.24) is 10.9 Å². The van der Waals surface area contributed by atoms with Crippen LogP contribution in [-0.2, 0) is 4.79 Å². The third kappa shape index (κ3) is 4.51. The molecule has 3 N–H and O–H groups in total. The average Bonchev–Trinajstić information content (AvgIpc) is 3.21. The molecule has 0 aliphatic carbocycles. The van der Waals surface area contributed by atoms with Crippen LogP contribution >= 0.6 is 11.6 Å². The SMILES string of the molecule is O=C(Nc1ccc(Oc2ccccc2)cc1)C1CC(c2cccc(Cl)c2)NN1. The van der Waals surface area contributed by atoms with E-state index < -0.39 is 0 Å². The van der Waals surface area contributed by atoms with Crippen molar-refractivity contribution in [1.29, 1.82) is 0 Å². The Morgan fingerprint density at radius 3 is 2.43 bits per heavy atom. The Balaban J connectivity index is 1.34. The van der Waals surface area contributed by atoms with Crippen LogP contribution in [0.5, 0.6) is 11.5 Å². The molecule has 1 heterocycles. The number of amides is 1. The number of hydrazine groups is 1. The minimum atomic E-state index is -0.329. The molecule has 3 aromatic rings. The van der Waals surface area contributed by atoms with Gasteiger partial charge in [0.25, 0.3) is 0 Å². The monoisotopic (exact) mass is 393 g/mol. The molecular weight excluding hydrogens is 374 g/mol. The second-order valence-electron chi connectivity index (χ2n) is 6.61. The van der Waals surface area contributed by atoms with Crippen molar-refractivity contribution in [3.63, 3.8) is 0 Å². The predicted octanol–water partition coefficient (Wildman–Crippen LogP) is 4.68. The molecule has 142 valence electrons. The molecule has 2 atom stereocenters. The van der Waals surface area contributed by atoms with Crippen LogP contribution in [0.15, 0.2) is 78.9 Å². The molecule has 0 bridgehead atoms. The highest BCUT2D eigenvalue weighted by Crippen LogP contribution is 2.26. The van der Waals surface area contributed by atoms with Crippen molar-refractivity contribution in [2.24, 2.45) is 0 Å². The maximum absolute atomic E-state index is 12.6. The van der Waals surface area contributed by atoms with Crippen molar-refractivity contribution in [2.75, 3.05) is 5.32 Å². The topological polar surface area (TPSA) is 62.4 Å². The van der Waals surface area contributed by atoms with Crippen molar-refractivity contribution in [2.45, 2.75) is 18.5 Å². The van der Waals surface area contributed by atoms with Gasteiger partial charge >= 0.3 is 0 Å². The normalized spacial score (nSPS) is 18.6. The van der Waals surface area contributed by atoms with Crippen LogP contribution in [0.25, 0.3) is 0 Å². The van der Waals surface area contributed by atoms with E-state index in [9.17, 15) is 4.79 Å². The van der Waals surface area contributed by atoms with E-state index in [1.807, 2.05) is 78.9 Å². The molecule has 4 rings (SSSR count). The number of rotatable bonds is 5. The van der Waals surface area contributed by atoms with Gasteiger partial charge in [0.15, 0.2) is 0 Å². The summed E-state index contributed by atoms with van der Waals surface area (Å²) in [4.78, 5) is 12.6. The highest BCUT2D eigenvalue weighted by molar-refractivity contribution is 6.30. The summed E-state index contributed by atoms with van der Waals surface area (Å²) in [5, 5.41) is 3.62. The van der Waals surface area contributed by atoms with Gasteiger partial charge in [0.05, 0.1) is 0 Å². The zero-order valence-corrected chi connectivity index (χ0v) is 15.8. The molecule has 1 fully saturated rings. The molecule has 5 nitrogen and oxygen atoms in total. The van der Waals surface area contributed by atoms with Crippen molar-refractivity contribution in [3.05, 3.63) is 89.4 Å². The van der Waals surface area contributed by atoms with Gasteiger partial charge in [-0.1, -0.05) is 41.9 Å². The number of halogens is 1. The second-order valence-corrected chi connectivity index (χ2v) is 7.05. The molecule has 6 heteroatoms. The van der Waals surface area contributed by atoms with Gasteiger partial charge < -0.3 is 10.1 Å². The summed E-state index contributed by atoms with van der Waals surface area (Å²) < 4.78 is 5.76. The lowest BCUT2D eigenvalue weighted by molar-refractivity contribution is -0.117. The lowest BCUT2D eigenvalue weighted by atomic mass is 10.0. The van der Waals surface area contributed by atoms with Gasteiger partial charge in [0, 0.05) is 16.8 Å². The Morgan fingerprint density at radius 1 is 0.929 bits per heavy atom. The Labute approximate surface area is 168 Å². The van der Waals surface area contributed by atoms with Gasteiger partial charge in [-0.05, 0) is 60.5 Å². The zero-order chi connectivity index (χ0) is 19.3. The Hall–Kier alpha value is -2.86. The van der Waals surface area contributed by atoms with Crippen molar-refractivity contribution >= 4 is 23.2 Å². The van der Waals surface area contributed by atoms with Crippen molar-refractivity contribution in [3.8, 4) is 11.5 Å². The van der Waals surface area contributed by atoms with Gasteiger partial charge in [-0.25, -0.2) is 10.9 Å². The number of para-hydroxylation sites is 1. The fraction of sp³-hybridized carbons (Fsp3) is 0.136. The fourth-order valence-electron chi connectivity index (χ4n) is 3.13. The van der Waals surface area contributed by atoms with E-state index in [0.29, 0.717) is 17.2 Å². The first kappa shape index (κ1) is 18.5. The van der Waals surface area contributed by atoms with Crippen LogP contribution in [0.3, 0.4) is 0 Å². The number of anilines is 1. The number of nitrogens with one attached hydrogen (secondary N) is 3. The summed E-state index contributed by atoms with van der Waals surface area (Å²) in [6.07, 6.45) is 0.640. The lowest BCUT2D eigenvalue weighted by Crippen LogP contribution is -2.39. The minimum absolute atomic E-state index is 0.0381. The lowest BCUT2D eigenvalue weighted by Gasteiger charge is -2.12. The zero-order valence-electron chi connectivity index (χ0n) is 15.1. The first-order valence-corrected chi connectivity index (χ1v) is 9.45. The molecule has 0 spiro atoms. The van der Waals surface area contributed by atoms with Crippen LogP contribution in [0.2, 0.25) is 5.02 Å². The smallest absolute Gasteiger partial charge is 0.242 e. The molecule has 28 heavy (non-hydrogen) atoms. The first-order valence-electron chi connectivity index (χ1n) is 9.08. The summed E-state index contributed by atoms with van der Waals surface area (Å²) in [6.45, 7) is 0. The molecule has 2 unspecified atom stereocenters. The molecule has 3 aromatic carbocycles. The molecule has 0 radical (unpaired) electrons. The molecule has 1 amide bonds. The summed E-state index contributed by atoms with van der Waals surface area (Å²) in [7, 11) is 0. The van der Waals surface area contributed by atoms with E-state index in [4.69, 9.17) is 16.3 Å². The van der Waals surface area contributed by atoms with E-state index in [-0.39, 0.29) is 18.0 Å². The van der Waals surface area contributed by atoms with Crippen LogP contribution in [0.4, 0.5) is 5.69 Å². The van der Waals surface area contributed by atoms with Gasteiger partial charge in [-0.3, -0.25) is 4.79 Å². The number of ether oxygens (including phenoxy) is 1. The van der Waals surface area contributed by atoms with Crippen LogP contribution in [0.1, 0.15) is 18.0 Å². The number of benzene rings is 3. The van der Waals surface area contributed by atoms with Gasteiger partial charge in [0.1, 0.15) is 17.5 Å². The first-order chi connectivity index (χ1) is 13.7. The average molecular weight is 394 g/mol. The molecule has 0 saturated carbocycles. The standard InChI is InChI=1S/C22H20ClN3O2/c23-16-6-4-5-15(13-16)20-14-21(26-25-20)22(27)24-17-9-11-19(12-10-17)28-18-7-2-1-3-8-18/h1-13,20-21,25-26H,14H2,(H,24,27). The van der Waals surface area contributed by atoms with E-state index in [1.165, 1.54) is 0 Å². The number of hydrogen-bond acceptors (Lipinski definition) is 4. The quantitative estimate of drug-likeness (QED) is 0.589. The molecule has 1 aliphatic heterocycles. The van der Waals surface area contributed by atoms with E-state index in [0.717, 1.165) is 17.0 Å². The third-order valence-electron chi connectivity index (χ3n) is 4.57. The van der Waals surface area contributed by atoms with Gasteiger partial charge in [-0.2, -0.15) is 0 Å². The number of hydrogen-bond donors (Lipinski definition) is 3. The summed E-state index contributed by atoms with van der Waals surface area (Å²) in [5.74, 6) is 1.40. The number of carbonyl (C=O) groups is 1. The Bertz CT molecular complexity index is 948. The van der Waals surface area contributed by atoms with Crippen LogP contribution < -0.4 is 20.9 Å². The second kappa shape index (κ2) is 8.44. The Morgan fingerprint density at radius 2 is 1.68 bits per heavy atom. The van der Waals surface area contributed by atoms with Crippen LogP contribution in [-0.4, -0.2) is 11.9 Å². The number of carbonyl (C=O) groups excluding carboxylic acids is 1. The van der Waals surface area contributed by atoms with E-state index >= 15 is 0 Å². The fourth-order valence-corrected chi connectivity index (χ4v) is 3.33. The summed E-state index contributed by atoms with van der Waals surface area (Å²) >= 11 is 6.06. The Kier molecular flexibility index (Phi) is 5.58. The van der Waals surface area contributed by atoms with E-state index in [2.05, 4.69) is 16.2 Å². The largest absolute Gasteiger partial charge is 0.457 e. The van der Waals surface area contributed by atoms with Crippen LogP contribution in [0, 0.1) is 0 Å². The maximum atomic E-state index is 12.6. The molecular formula is C22H20ClN3O2. The highest BCUT2D eigenvalue weighted by Gasteiger charge is 2.30. The van der Waals surface area contributed by atoms with Gasteiger partial charge in [0.2, 0.25) is 5.91 Å². The predicted molar refractivity (Wildman–Crippen MR) is 110 cm³/mol. The molecule has 1 saturated heterocycles. The molecule has 1 aliphatic rings.